The Kier molecular flexibility index (Phi) is 3.86. The van der Waals surface area contributed by atoms with Crippen molar-refractivity contribution >= 4 is 28.9 Å². The highest BCUT2D eigenvalue weighted by Crippen LogP contribution is 2.27. The molecule has 5 nitrogen and oxygen atoms in total. The van der Waals surface area contributed by atoms with Crippen LogP contribution in [-0.4, -0.2) is 35.3 Å². The van der Waals surface area contributed by atoms with E-state index in [0.29, 0.717) is 0 Å². The largest absolute Gasteiger partial charge is 0.370 e. The molecule has 6 heteroatoms. The first-order valence-corrected chi connectivity index (χ1v) is 6.87. The van der Waals surface area contributed by atoms with Crippen LogP contribution >= 0.6 is 11.8 Å². The highest BCUT2D eigenvalue weighted by atomic mass is 32.2. The summed E-state index contributed by atoms with van der Waals surface area (Å²) < 4.78 is 0. The molecule has 2 rings (SSSR count). The lowest BCUT2D eigenvalue weighted by Gasteiger charge is -2.28. The van der Waals surface area contributed by atoms with E-state index in [-0.39, 0.29) is 17.0 Å². The van der Waals surface area contributed by atoms with Crippen LogP contribution < -0.4 is 4.90 Å². The molecule has 1 heterocycles. The Morgan fingerprint density at radius 1 is 1.39 bits per heavy atom. The monoisotopic (exact) mass is 266 g/mol. The van der Waals surface area contributed by atoms with Gasteiger partial charge in [0.2, 0.25) is 0 Å². The fraction of sp³-hybridized carbons (Fsp3) is 0.417. The molecule has 1 aromatic carbocycles. The second-order valence-corrected chi connectivity index (χ2v) is 5.34. The van der Waals surface area contributed by atoms with E-state index in [0.717, 1.165) is 30.3 Å². The molecule has 1 aliphatic rings. The maximum absolute atomic E-state index is 11.3. The second kappa shape index (κ2) is 5.39. The van der Waals surface area contributed by atoms with E-state index in [1.54, 1.807) is 12.1 Å². The van der Waals surface area contributed by atoms with E-state index in [1.165, 1.54) is 13.0 Å². The maximum Gasteiger partial charge on any atom is 0.282 e. The highest BCUT2D eigenvalue weighted by molar-refractivity contribution is 7.99. The average molecular weight is 266 g/mol. The van der Waals surface area contributed by atoms with Gasteiger partial charge in [-0.1, -0.05) is 0 Å². The molecular formula is C12H14N2O3S. The minimum atomic E-state index is -0.487. The van der Waals surface area contributed by atoms with Gasteiger partial charge in [0, 0.05) is 36.3 Å². The normalized spacial score (nSPS) is 15.5. The number of nitro groups is 1. The van der Waals surface area contributed by atoms with Crippen LogP contribution in [0.4, 0.5) is 11.4 Å². The number of rotatable bonds is 3. The van der Waals surface area contributed by atoms with Crippen LogP contribution in [0.25, 0.3) is 0 Å². The van der Waals surface area contributed by atoms with Crippen LogP contribution in [0.1, 0.15) is 17.3 Å². The lowest BCUT2D eigenvalue weighted by Crippen LogP contribution is -2.32. The molecular weight excluding hydrogens is 252 g/mol. The third-order valence-corrected chi connectivity index (χ3v) is 3.88. The van der Waals surface area contributed by atoms with Crippen LogP contribution in [0.2, 0.25) is 0 Å². The molecule has 0 atom stereocenters. The van der Waals surface area contributed by atoms with Crippen molar-refractivity contribution < 1.29 is 9.72 Å². The molecule has 1 saturated heterocycles. The van der Waals surface area contributed by atoms with Gasteiger partial charge in [-0.3, -0.25) is 14.9 Å². The molecule has 0 unspecified atom stereocenters. The van der Waals surface area contributed by atoms with Crippen molar-refractivity contribution in [2.75, 3.05) is 29.5 Å². The van der Waals surface area contributed by atoms with Crippen molar-refractivity contribution in [1.29, 1.82) is 0 Å². The molecule has 0 N–H and O–H groups in total. The molecule has 18 heavy (non-hydrogen) atoms. The number of nitrogens with zero attached hydrogens (tertiary/aromatic N) is 2. The van der Waals surface area contributed by atoms with Crippen molar-refractivity contribution in [3.8, 4) is 0 Å². The molecule has 0 spiro atoms. The summed E-state index contributed by atoms with van der Waals surface area (Å²) in [5, 5.41) is 11.0. The minimum absolute atomic E-state index is 0.0989. The van der Waals surface area contributed by atoms with Crippen LogP contribution in [0.3, 0.4) is 0 Å². The number of hydrogen-bond acceptors (Lipinski definition) is 5. The minimum Gasteiger partial charge on any atom is -0.370 e. The van der Waals surface area contributed by atoms with Crippen molar-refractivity contribution in [2.45, 2.75) is 6.92 Å². The fourth-order valence-corrected chi connectivity index (χ4v) is 2.89. The summed E-state index contributed by atoms with van der Waals surface area (Å²) in [6, 6.07) is 4.85. The predicted molar refractivity (Wildman–Crippen MR) is 72.6 cm³/mol. The number of ketones is 1. The third kappa shape index (κ3) is 2.64. The van der Waals surface area contributed by atoms with Gasteiger partial charge in [0.05, 0.1) is 10.5 Å². The molecule has 0 bridgehead atoms. The number of carbonyl (C=O) groups is 1. The first-order chi connectivity index (χ1) is 8.59. The number of hydrogen-bond donors (Lipinski definition) is 0. The van der Waals surface area contributed by atoms with Gasteiger partial charge in [0.15, 0.2) is 5.78 Å². The molecule has 0 saturated carbocycles. The topological polar surface area (TPSA) is 63.5 Å². The molecule has 96 valence electrons. The van der Waals surface area contributed by atoms with E-state index in [1.807, 2.05) is 11.8 Å². The Bertz CT molecular complexity index is 484. The Labute approximate surface area is 109 Å². The van der Waals surface area contributed by atoms with Gasteiger partial charge in [-0.05, 0) is 19.1 Å². The molecule has 0 aromatic heterocycles. The Morgan fingerprint density at radius 3 is 2.61 bits per heavy atom. The maximum atomic E-state index is 11.3. The summed E-state index contributed by atoms with van der Waals surface area (Å²) in [6.07, 6.45) is 0. The van der Waals surface area contributed by atoms with Gasteiger partial charge in [0.1, 0.15) is 0 Å². The van der Waals surface area contributed by atoms with Crippen LogP contribution in [0.5, 0.6) is 0 Å². The second-order valence-electron chi connectivity index (χ2n) is 4.11. The summed E-state index contributed by atoms with van der Waals surface area (Å²) in [6.45, 7) is 3.13. The zero-order chi connectivity index (χ0) is 13.1. The summed E-state index contributed by atoms with van der Waals surface area (Å²) in [4.78, 5) is 24.0. The molecule has 0 radical (unpaired) electrons. The van der Waals surface area contributed by atoms with Gasteiger partial charge >= 0.3 is 0 Å². The quantitative estimate of drug-likeness (QED) is 0.477. The molecule has 1 fully saturated rings. The van der Waals surface area contributed by atoms with E-state index >= 15 is 0 Å². The van der Waals surface area contributed by atoms with E-state index in [4.69, 9.17) is 0 Å². The van der Waals surface area contributed by atoms with Crippen LogP contribution in [0.15, 0.2) is 18.2 Å². The number of benzene rings is 1. The van der Waals surface area contributed by atoms with Gasteiger partial charge in [-0.25, -0.2) is 0 Å². The Hall–Kier alpha value is -1.56. The smallest absolute Gasteiger partial charge is 0.282 e. The van der Waals surface area contributed by atoms with Crippen molar-refractivity contribution in [1.82, 2.24) is 0 Å². The van der Waals surface area contributed by atoms with Gasteiger partial charge in [0.25, 0.3) is 5.69 Å². The van der Waals surface area contributed by atoms with E-state index in [9.17, 15) is 14.9 Å². The average Bonchev–Trinajstić information content (AvgIpc) is 2.39. The summed E-state index contributed by atoms with van der Waals surface area (Å²) in [7, 11) is 0. The van der Waals surface area contributed by atoms with Crippen LogP contribution in [0, 0.1) is 10.1 Å². The first kappa shape index (κ1) is 12.9. The lowest BCUT2D eigenvalue weighted by atomic mass is 10.1. The van der Waals surface area contributed by atoms with Crippen molar-refractivity contribution in [3.63, 3.8) is 0 Å². The summed E-state index contributed by atoms with van der Waals surface area (Å²) in [5.74, 6) is 1.78. The number of thioether (sulfide) groups is 1. The SMILES string of the molecule is CC(=O)c1ccc(N2CCSCC2)cc1[N+](=O)[O-]. The first-order valence-electron chi connectivity index (χ1n) is 5.71. The summed E-state index contributed by atoms with van der Waals surface area (Å²) in [5.41, 5.74) is 0.903. The molecule has 1 aliphatic heterocycles. The van der Waals surface area contributed by atoms with Gasteiger partial charge in [-0.2, -0.15) is 11.8 Å². The number of nitro benzene ring substituents is 1. The van der Waals surface area contributed by atoms with Crippen molar-refractivity contribution in [2.24, 2.45) is 0 Å². The Morgan fingerprint density at radius 2 is 2.06 bits per heavy atom. The number of Topliss-reactive ketones (excluding diaryl/α,β-unsaturated/α-hetero) is 1. The van der Waals surface area contributed by atoms with E-state index < -0.39 is 4.92 Å². The standard InChI is InChI=1S/C12H14N2O3S/c1-9(15)11-3-2-10(8-12(11)14(16)17)13-4-6-18-7-5-13/h2-3,8H,4-7H2,1H3. The van der Waals surface area contributed by atoms with E-state index in [2.05, 4.69) is 4.90 Å². The third-order valence-electron chi connectivity index (χ3n) is 2.93. The number of carbonyl (C=O) groups excluding carboxylic acids is 1. The fourth-order valence-electron chi connectivity index (χ4n) is 1.99. The predicted octanol–water partition coefficient (Wildman–Crippen LogP) is 2.35. The molecule has 0 aliphatic carbocycles. The molecule has 0 amide bonds. The van der Waals surface area contributed by atoms with Gasteiger partial charge < -0.3 is 4.90 Å². The van der Waals surface area contributed by atoms with Gasteiger partial charge in [-0.15, -0.1) is 0 Å². The zero-order valence-corrected chi connectivity index (χ0v) is 10.9. The number of anilines is 1. The summed E-state index contributed by atoms with van der Waals surface area (Å²) >= 11 is 1.88. The lowest BCUT2D eigenvalue weighted by molar-refractivity contribution is -0.385. The Balaban J connectivity index is 2.36. The van der Waals surface area contributed by atoms with Crippen LogP contribution in [-0.2, 0) is 0 Å². The van der Waals surface area contributed by atoms with Crippen molar-refractivity contribution in [3.05, 3.63) is 33.9 Å². The highest BCUT2D eigenvalue weighted by Gasteiger charge is 2.20. The zero-order valence-electron chi connectivity index (χ0n) is 10.1. The molecule has 1 aromatic rings.